The highest BCUT2D eigenvalue weighted by Crippen LogP contribution is 2.34. The van der Waals surface area contributed by atoms with Crippen molar-refractivity contribution in [2.45, 2.75) is 44.9 Å². The van der Waals surface area contributed by atoms with Gasteiger partial charge in [0.15, 0.2) is 0 Å². The molecule has 7 heteroatoms. The SMILES string of the molecule is [C-]#[N+]C1C[C@@H](c2ncc(-c3ccc(Br)cc3)[nH]2)N(C(=O)OC(C)(C)C)C1. The molecule has 2 atom stereocenters. The second-order valence-corrected chi connectivity index (χ2v) is 8.27. The van der Waals surface area contributed by atoms with Gasteiger partial charge in [-0.25, -0.2) is 16.4 Å². The van der Waals surface area contributed by atoms with Crippen LogP contribution in [0.5, 0.6) is 0 Å². The van der Waals surface area contributed by atoms with Gasteiger partial charge >= 0.3 is 6.09 Å². The summed E-state index contributed by atoms with van der Waals surface area (Å²) < 4.78 is 6.52. The molecule has 1 amide bonds. The topological polar surface area (TPSA) is 62.6 Å². The van der Waals surface area contributed by atoms with Crippen LogP contribution < -0.4 is 0 Å². The van der Waals surface area contributed by atoms with Crippen LogP contribution in [0.3, 0.4) is 0 Å². The first-order valence-corrected chi connectivity index (χ1v) is 9.23. The Morgan fingerprint density at radius 1 is 1.38 bits per heavy atom. The number of halogens is 1. The zero-order valence-electron chi connectivity index (χ0n) is 15.0. The number of aromatic amines is 1. The normalized spacial score (nSPS) is 20.0. The molecule has 1 fully saturated rings. The first-order chi connectivity index (χ1) is 12.3. The Hall–Kier alpha value is -2.33. The third kappa shape index (κ3) is 4.07. The molecule has 136 valence electrons. The number of nitrogens with one attached hydrogen (secondary N) is 1. The minimum Gasteiger partial charge on any atom is -0.444 e. The third-order valence-electron chi connectivity index (χ3n) is 4.16. The van der Waals surface area contributed by atoms with Crippen molar-refractivity contribution in [2.24, 2.45) is 0 Å². The maximum Gasteiger partial charge on any atom is 0.411 e. The van der Waals surface area contributed by atoms with E-state index in [1.54, 1.807) is 11.1 Å². The van der Waals surface area contributed by atoms with Gasteiger partial charge in [0.2, 0.25) is 6.04 Å². The summed E-state index contributed by atoms with van der Waals surface area (Å²) in [6.07, 6.45) is 1.91. The molecule has 0 aliphatic carbocycles. The molecule has 6 nitrogen and oxygen atoms in total. The van der Waals surface area contributed by atoms with E-state index in [0.717, 1.165) is 15.7 Å². The number of benzene rings is 1. The maximum absolute atomic E-state index is 12.6. The fourth-order valence-corrected chi connectivity index (χ4v) is 3.24. The van der Waals surface area contributed by atoms with Crippen molar-refractivity contribution in [3.63, 3.8) is 0 Å². The number of hydrogen-bond donors (Lipinski definition) is 1. The lowest BCUT2D eigenvalue weighted by Gasteiger charge is -2.27. The number of hydrogen-bond acceptors (Lipinski definition) is 3. The number of nitrogens with zero attached hydrogens (tertiary/aromatic N) is 3. The summed E-state index contributed by atoms with van der Waals surface area (Å²) in [4.78, 5) is 25.6. The Balaban J connectivity index is 1.85. The van der Waals surface area contributed by atoms with Crippen LogP contribution in [0.1, 0.15) is 39.1 Å². The number of imidazole rings is 1. The minimum absolute atomic E-state index is 0.242. The molecule has 1 aromatic carbocycles. The molecule has 1 aliphatic rings. The molecule has 1 unspecified atom stereocenters. The lowest BCUT2D eigenvalue weighted by atomic mass is 10.1. The van der Waals surface area contributed by atoms with Crippen LogP contribution >= 0.6 is 15.9 Å². The van der Waals surface area contributed by atoms with Crippen LogP contribution in [0.4, 0.5) is 4.79 Å². The summed E-state index contributed by atoms with van der Waals surface area (Å²) >= 11 is 3.43. The Labute approximate surface area is 161 Å². The standard InChI is InChI=1S/C19H21BrN4O2/c1-19(2,3)26-18(25)24-11-14(21-4)9-16(24)17-22-10-15(23-17)12-5-7-13(20)8-6-12/h5-8,10,14,16H,9,11H2,1-3H3,(H,22,23)/t14?,16-/m0/s1. The number of ether oxygens (including phenoxy) is 1. The Bertz CT molecular complexity index is 832. The highest BCUT2D eigenvalue weighted by molar-refractivity contribution is 9.10. The van der Waals surface area contributed by atoms with E-state index in [1.165, 1.54) is 0 Å². The van der Waals surface area contributed by atoms with Crippen molar-refractivity contribution in [1.82, 2.24) is 14.9 Å². The molecule has 26 heavy (non-hydrogen) atoms. The smallest absolute Gasteiger partial charge is 0.411 e. The lowest BCUT2D eigenvalue weighted by Crippen LogP contribution is -2.37. The average Bonchev–Trinajstić information content (AvgIpc) is 3.20. The molecule has 2 heterocycles. The predicted octanol–water partition coefficient (Wildman–Crippen LogP) is 4.81. The van der Waals surface area contributed by atoms with Crippen molar-refractivity contribution in [2.75, 3.05) is 6.54 Å². The summed E-state index contributed by atoms with van der Waals surface area (Å²) in [6.45, 7) is 13.2. The number of rotatable bonds is 2. The van der Waals surface area contributed by atoms with Gasteiger partial charge in [0.1, 0.15) is 24.0 Å². The third-order valence-corrected chi connectivity index (χ3v) is 4.68. The molecular formula is C19H21BrN4O2. The van der Waals surface area contributed by atoms with Gasteiger partial charge in [-0.15, -0.1) is 0 Å². The van der Waals surface area contributed by atoms with Crippen molar-refractivity contribution in [3.8, 4) is 11.3 Å². The van der Waals surface area contributed by atoms with E-state index in [-0.39, 0.29) is 12.1 Å². The van der Waals surface area contributed by atoms with E-state index >= 15 is 0 Å². The summed E-state index contributed by atoms with van der Waals surface area (Å²) in [7, 11) is 0. The summed E-state index contributed by atoms with van der Waals surface area (Å²) in [5.41, 5.74) is 1.31. The lowest BCUT2D eigenvalue weighted by molar-refractivity contribution is 0.0218. The van der Waals surface area contributed by atoms with E-state index in [9.17, 15) is 4.79 Å². The molecule has 1 aliphatic heterocycles. The van der Waals surface area contributed by atoms with Crippen LogP contribution in [0.2, 0.25) is 0 Å². The Kier molecular flexibility index (Phi) is 5.05. The quantitative estimate of drug-likeness (QED) is 0.714. The van der Waals surface area contributed by atoms with Crippen LogP contribution in [-0.4, -0.2) is 39.1 Å². The molecule has 0 spiro atoms. The number of amides is 1. The summed E-state index contributed by atoms with van der Waals surface area (Å²) in [6, 6.07) is 7.38. The van der Waals surface area contributed by atoms with E-state index in [4.69, 9.17) is 11.3 Å². The van der Waals surface area contributed by atoms with Crippen LogP contribution in [0.25, 0.3) is 16.1 Å². The molecular weight excluding hydrogens is 396 g/mol. The van der Waals surface area contributed by atoms with Gasteiger partial charge in [-0.3, -0.25) is 4.90 Å². The van der Waals surface area contributed by atoms with E-state index in [0.29, 0.717) is 18.8 Å². The maximum atomic E-state index is 12.6. The van der Waals surface area contributed by atoms with Crippen molar-refractivity contribution in [3.05, 3.63) is 52.2 Å². The highest BCUT2D eigenvalue weighted by Gasteiger charge is 2.42. The van der Waals surface area contributed by atoms with Gasteiger partial charge in [-0.05, 0) is 38.5 Å². The largest absolute Gasteiger partial charge is 0.444 e. The zero-order valence-corrected chi connectivity index (χ0v) is 16.6. The fourth-order valence-electron chi connectivity index (χ4n) is 2.97. The van der Waals surface area contributed by atoms with Gasteiger partial charge in [0.05, 0.1) is 18.3 Å². The molecule has 1 aromatic heterocycles. The van der Waals surface area contributed by atoms with Crippen molar-refractivity contribution in [1.29, 1.82) is 0 Å². The molecule has 0 radical (unpaired) electrons. The molecule has 0 bridgehead atoms. The fraction of sp³-hybridized carbons (Fsp3) is 0.421. The number of H-pyrrole nitrogens is 1. The van der Waals surface area contributed by atoms with Crippen LogP contribution in [-0.2, 0) is 4.74 Å². The zero-order chi connectivity index (χ0) is 18.9. The second-order valence-electron chi connectivity index (χ2n) is 7.36. The van der Waals surface area contributed by atoms with Gasteiger partial charge in [0.25, 0.3) is 0 Å². The van der Waals surface area contributed by atoms with Gasteiger partial charge in [-0.1, -0.05) is 28.1 Å². The number of aromatic nitrogens is 2. The molecule has 0 saturated carbocycles. The summed E-state index contributed by atoms with van der Waals surface area (Å²) in [5, 5.41) is 0. The monoisotopic (exact) mass is 416 g/mol. The molecule has 3 rings (SSSR count). The Morgan fingerprint density at radius 2 is 2.08 bits per heavy atom. The van der Waals surface area contributed by atoms with E-state index in [2.05, 4.69) is 30.7 Å². The van der Waals surface area contributed by atoms with Gasteiger partial charge < -0.3 is 14.6 Å². The summed E-state index contributed by atoms with van der Waals surface area (Å²) in [5.74, 6) is 0.680. The molecule has 2 aromatic rings. The van der Waals surface area contributed by atoms with Crippen molar-refractivity contribution >= 4 is 22.0 Å². The minimum atomic E-state index is -0.580. The van der Waals surface area contributed by atoms with E-state index in [1.807, 2.05) is 45.0 Å². The first-order valence-electron chi connectivity index (χ1n) is 8.44. The highest BCUT2D eigenvalue weighted by atomic mass is 79.9. The number of likely N-dealkylation sites (tertiary alicyclic amines) is 1. The first kappa shape index (κ1) is 18.5. The second kappa shape index (κ2) is 7.12. The van der Waals surface area contributed by atoms with Crippen molar-refractivity contribution < 1.29 is 9.53 Å². The van der Waals surface area contributed by atoms with Gasteiger partial charge in [0, 0.05) is 4.47 Å². The Morgan fingerprint density at radius 3 is 2.69 bits per heavy atom. The van der Waals surface area contributed by atoms with E-state index < -0.39 is 11.7 Å². The van der Waals surface area contributed by atoms with Crippen LogP contribution in [0.15, 0.2) is 34.9 Å². The van der Waals surface area contributed by atoms with Crippen LogP contribution in [0, 0.1) is 6.57 Å². The average molecular weight is 417 g/mol. The number of carbonyl (C=O) groups excluding carboxylic acids is 1. The molecule has 1 N–H and O–H groups in total. The van der Waals surface area contributed by atoms with Gasteiger partial charge in [-0.2, -0.15) is 0 Å². The number of carbonyl (C=O) groups is 1. The predicted molar refractivity (Wildman–Crippen MR) is 102 cm³/mol. The molecule has 1 saturated heterocycles.